The number of hydrogen-bond donors (Lipinski definition) is 2. The van der Waals surface area contributed by atoms with Gasteiger partial charge in [0.25, 0.3) is 10.0 Å². The SMILES string of the molecule is COc1ccc2[nH]c(S(=O)(=O)NCc3ncc(C)c(OC)c3C)nc2c1.[MgH2]. The van der Waals surface area contributed by atoms with Crippen molar-refractivity contribution in [2.24, 2.45) is 0 Å². The van der Waals surface area contributed by atoms with Crippen LogP contribution in [0.3, 0.4) is 0 Å². The number of aryl methyl sites for hydroxylation is 1. The molecule has 0 spiro atoms. The van der Waals surface area contributed by atoms with Crippen LogP contribution in [0.1, 0.15) is 16.8 Å². The second kappa shape index (κ2) is 8.42. The first-order valence-electron chi connectivity index (χ1n) is 7.88. The van der Waals surface area contributed by atoms with Crippen LogP contribution in [-0.4, -0.2) is 60.6 Å². The standard InChI is InChI=1S/C17H20N4O4S.Mg.2H/c1-10-8-18-15(11(2)16(10)25-4)9-19-26(22,23)17-20-13-6-5-12(24-3)7-14(13)21-17;;;/h5-8,19H,9H2,1-4H3,(H,20,21);;;. The van der Waals surface area contributed by atoms with Gasteiger partial charge in [-0.1, -0.05) is 0 Å². The lowest BCUT2D eigenvalue weighted by atomic mass is 10.1. The molecule has 0 radical (unpaired) electrons. The summed E-state index contributed by atoms with van der Waals surface area (Å²) in [5.74, 6) is 1.30. The molecule has 0 amide bonds. The van der Waals surface area contributed by atoms with Gasteiger partial charge in [-0.3, -0.25) is 4.98 Å². The summed E-state index contributed by atoms with van der Waals surface area (Å²) < 4.78 is 38.1. The number of fused-ring (bicyclic) bond motifs is 1. The number of sulfonamides is 1. The highest BCUT2D eigenvalue weighted by Crippen LogP contribution is 2.24. The van der Waals surface area contributed by atoms with E-state index in [9.17, 15) is 8.42 Å². The fraction of sp³-hybridized carbons (Fsp3) is 0.294. The second-order valence-corrected chi connectivity index (χ2v) is 7.48. The average Bonchev–Trinajstić information content (AvgIpc) is 3.05. The number of methoxy groups -OCH3 is 2. The Kier molecular flexibility index (Phi) is 6.68. The van der Waals surface area contributed by atoms with Crippen molar-refractivity contribution in [1.82, 2.24) is 19.7 Å². The number of nitrogens with zero attached hydrogens (tertiary/aromatic N) is 2. The maximum atomic E-state index is 12.6. The molecule has 0 saturated carbocycles. The van der Waals surface area contributed by atoms with Crippen LogP contribution in [-0.2, 0) is 16.6 Å². The van der Waals surface area contributed by atoms with Gasteiger partial charge >= 0.3 is 23.1 Å². The maximum Gasteiger partial charge on any atom is 0.316 e. The van der Waals surface area contributed by atoms with E-state index in [1.807, 2.05) is 13.8 Å². The van der Waals surface area contributed by atoms with E-state index in [1.165, 1.54) is 7.11 Å². The Labute approximate surface area is 173 Å². The van der Waals surface area contributed by atoms with E-state index >= 15 is 0 Å². The summed E-state index contributed by atoms with van der Waals surface area (Å²) >= 11 is 0. The quantitative estimate of drug-likeness (QED) is 0.599. The van der Waals surface area contributed by atoms with E-state index in [1.54, 1.807) is 31.5 Å². The highest BCUT2D eigenvalue weighted by molar-refractivity contribution is 7.89. The average molecular weight is 403 g/mol. The second-order valence-electron chi connectivity index (χ2n) is 5.80. The van der Waals surface area contributed by atoms with Crippen LogP contribution >= 0.6 is 0 Å². The third-order valence-corrected chi connectivity index (χ3v) is 5.33. The monoisotopic (exact) mass is 402 g/mol. The molecule has 0 aliphatic rings. The molecule has 2 N–H and O–H groups in total. The summed E-state index contributed by atoms with van der Waals surface area (Å²) in [5, 5.41) is -0.155. The highest BCUT2D eigenvalue weighted by Gasteiger charge is 2.20. The van der Waals surface area contributed by atoms with Crippen molar-refractivity contribution < 1.29 is 17.9 Å². The molecular weight excluding hydrogens is 381 g/mol. The Morgan fingerprint density at radius 1 is 1.19 bits per heavy atom. The number of aromatic nitrogens is 3. The van der Waals surface area contributed by atoms with E-state index in [0.717, 1.165) is 11.1 Å². The van der Waals surface area contributed by atoms with Crippen molar-refractivity contribution in [1.29, 1.82) is 0 Å². The molecule has 142 valence electrons. The largest absolute Gasteiger partial charge is 0.497 e. The third-order valence-electron chi connectivity index (χ3n) is 4.10. The van der Waals surface area contributed by atoms with E-state index in [2.05, 4.69) is 19.7 Å². The number of benzene rings is 1. The van der Waals surface area contributed by atoms with Gasteiger partial charge in [0.1, 0.15) is 11.5 Å². The molecule has 0 atom stereocenters. The van der Waals surface area contributed by atoms with Gasteiger partial charge in [-0.05, 0) is 26.0 Å². The van der Waals surface area contributed by atoms with Crippen LogP contribution < -0.4 is 14.2 Å². The molecule has 8 nitrogen and oxygen atoms in total. The first kappa shape index (κ1) is 21.4. The van der Waals surface area contributed by atoms with Gasteiger partial charge in [0, 0.05) is 23.4 Å². The fourth-order valence-electron chi connectivity index (χ4n) is 2.70. The lowest BCUT2D eigenvalue weighted by molar-refractivity contribution is 0.406. The molecule has 1 aromatic carbocycles. The summed E-state index contributed by atoms with van der Waals surface area (Å²) in [7, 11) is -0.709. The normalized spacial score (nSPS) is 11.3. The van der Waals surface area contributed by atoms with Gasteiger partial charge in [0.15, 0.2) is 0 Å². The zero-order chi connectivity index (χ0) is 18.9. The summed E-state index contributed by atoms with van der Waals surface area (Å²) in [6, 6.07) is 5.12. The minimum absolute atomic E-state index is 0. The number of rotatable bonds is 6. The molecule has 2 aromatic heterocycles. The van der Waals surface area contributed by atoms with Crippen molar-refractivity contribution in [2.75, 3.05) is 14.2 Å². The van der Waals surface area contributed by atoms with Crippen LogP contribution in [0.25, 0.3) is 11.0 Å². The molecule has 0 fully saturated rings. The minimum Gasteiger partial charge on any atom is -0.497 e. The zero-order valence-corrected chi connectivity index (χ0v) is 15.8. The summed E-state index contributed by atoms with van der Waals surface area (Å²) in [6.45, 7) is 3.76. The smallest absolute Gasteiger partial charge is 0.316 e. The van der Waals surface area contributed by atoms with Crippen LogP contribution in [0.5, 0.6) is 11.5 Å². The molecule has 0 aliphatic carbocycles. The number of imidazole rings is 1. The highest BCUT2D eigenvalue weighted by atomic mass is 32.2. The summed E-state index contributed by atoms with van der Waals surface area (Å²) in [4.78, 5) is 11.2. The molecule has 0 unspecified atom stereocenters. The van der Waals surface area contributed by atoms with Crippen molar-refractivity contribution >= 4 is 44.1 Å². The molecule has 10 heteroatoms. The molecule has 3 rings (SSSR count). The van der Waals surface area contributed by atoms with Crippen LogP contribution in [0.4, 0.5) is 0 Å². The fourth-order valence-corrected chi connectivity index (χ4v) is 3.62. The van der Waals surface area contributed by atoms with Gasteiger partial charge in [0.05, 0.1) is 37.5 Å². The van der Waals surface area contributed by atoms with Gasteiger partial charge in [-0.25, -0.2) is 18.1 Å². The van der Waals surface area contributed by atoms with Crippen molar-refractivity contribution in [2.45, 2.75) is 25.5 Å². The Hall–Kier alpha value is -1.88. The number of pyridine rings is 1. The molecule has 0 saturated heterocycles. The van der Waals surface area contributed by atoms with Gasteiger partial charge < -0.3 is 14.5 Å². The predicted octanol–water partition coefficient (Wildman–Crippen LogP) is 1.15. The number of aromatic amines is 1. The Balaban J connectivity index is 0.00000261. The molecule has 0 aliphatic heterocycles. The summed E-state index contributed by atoms with van der Waals surface area (Å²) in [6.07, 6.45) is 1.66. The number of ether oxygens (including phenoxy) is 2. The maximum absolute atomic E-state index is 12.6. The third kappa shape index (κ3) is 4.34. The molecule has 27 heavy (non-hydrogen) atoms. The number of nitrogens with one attached hydrogen (secondary N) is 2. The van der Waals surface area contributed by atoms with Crippen molar-refractivity contribution in [3.63, 3.8) is 0 Å². The Morgan fingerprint density at radius 2 is 1.93 bits per heavy atom. The van der Waals surface area contributed by atoms with Gasteiger partial charge in [-0.2, -0.15) is 0 Å². The van der Waals surface area contributed by atoms with E-state index in [0.29, 0.717) is 28.2 Å². The first-order valence-corrected chi connectivity index (χ1v) is 9.36. The topological polar surface area (TPSA) is 106 Å². The lowest BCUT2D eigenvalue weighted by Crippen LogP contribution is -2.25. The predicted molar refractivity (Wildman–Crippen MR) is 105 cm³/mol. The van der Waals surface area contributed by atoms with E-state index < -0.39 is 10.0 Å². The van der Waals surface area contributed by atoms with Crippen LogP contribution in [0, 0.1) is 13.8 Å². The van der Waals surface area contributed by atoms with Gasteiger partial charge in [0.2, 0.25) is 5.16 Å². The van der Waals surface area contributed by atoms with Crippen molar-refractivity contribution in [3.05, 3.63) is 41.2 Å². The van der Waals surface area contributed by atoms with Crippen molar-refractivity contribution in [3.8, 4) is 11.5 Å². The molecule has 2 heterocycles. The number of H-pyrrole nitrogens is 1. The van der Waals surface area contributed by atoms with Gasteiger partial charge in [-0.15, -0.1) is 0 Å². The molecular formula is C17H22MgN4O4S. The lowest BCUT2D eigenvalue weighted by Gasteiger charge is -2.12. The van der Waals surface area contributed by atoms with E-state index in [-0.39, 0.29) is 34.8 Å². The van der Waals surface area contributed by atoms with Crippen LogP contribution in [0.2, 0.25) is 0 Å². The van der Waals surface area contributed by atoms with E-state index in [4.69, 9.17) is 9.47 Å². The number of hydrogen-bond acceptors (Lipinski definition) is 6. The minimum atomic E-state index is -3.82. The molecule has 0 bridgehead atoms. The van der Waals surface area contributed by atoms with Crippen LogP contribution in [0.15, 0.2) is 29.6 Å². The molecule has 3 aromatic rings. The Bertz CT molecular complexity index is 1070. The first-order chi connectivity index (χ1) is 12.4. The Morgan fingerprint density at radius 3 is 2.59 bits per heavy atom. The zero-order valence-electron chi connectivity index (χ0n) is 15.0. The summed E-state index contributed by atoms with van der Waals surface area (Å²) in [5.41, 5.74) is 3.40.